The average molecular weight is 658 g/mol. The molecule has 44 heavy (non-hydrogen) atoms. The molecule has 8 nitrogen and oxygen atoms in total. The van der Waals surface area contributed by atoms with E-state index in [0.29, 0.717) is 17.4 Å². The summed E-state index contributed by atoms with van der Waals surface area (Å²) in [6, 6.07) is 19.5. The lowest BCUT2D eigenvalue weighted by molar-refractivity contribution is -0.139. The Kier molecular flexibility index (Phi) is 12.0. The van der Waals surface area contributed by atoms with E-state index >= 15 is 0 Å². The van der Waals surface area contributed by atoms with E-state index in [4.69, 9.17) is 16.3 Å². The SMILES string of the molecule is CCOc1ccccc1N(CC(=O)N(Cc1cccc(Cl)c1)[C@@H](C)C(=O)NC1CCCCC1)S(=O)(=O)c1ccc(SC)cc1. The second-order valence-corrected chi connectivity index (χ2v) is 13.9. The summed E-state index contributed by atoms with van der Waals surface area (Å²) in [5, 5.41) is 3.61. The van der Waals surface area contributed by atoms with Crippen LogP contribution in [0.15, 0.2) is 82.6 Å². The molecule has 11 heteroatoms. The molecule has 0 radical (unpaired) electrons. The van der Waals surface area contributed by atoms with Crippen LogP contribution < -0.4 is 14.4 Å². The number of benzene rings is 3. The average Bonchev–Trinajstić information content (AvgIpc) is 3.03. The number of rotatable bonds is 13. The fraction of sp³-hybridized carbons (Fsp3) is 0.394. The van der Waals surface area contributed by atoms with E-state index < -0.39 is 28.5 Å². The van der Waals surface area contributed by atoms with Crippen molar-refractivity contribution in [2.75, 3.05) is 23.7 Å². The van der Waals surface area contributed by atoms with Gasteiger partial charge in [0.15, 0.2) is 0 Å². The third kappa shape index (κ3) is 8.49. The Bertz CT molecular complexity index is 1530. The summed E-state index contributed by atoms with van der Waals surface area (Å²) in [4.78, 5) is 30.1. The monoisotopic (exact) mass is 657 g/mol. The van der Waals surface area contributed by atoms with Gasteiger partial charge in [-0.1, -0.05) is 55.1 Å². The molecule has 3 aromatic carbocycles. The van der Waals surface area contributed by atoms with Crippen molar-refractivity contribution >= 4 is 50.9 Å². The zero-order valence-electron chi connectivity index (χ0n) is 25.4. The summed E-state index contributed by atoms with van der Waals surface area (Å²) in [7, 11) is -4.22. The molecule has 0 heterocycles. The zero-order valence-corrected chi connectivity index (χ0v) is 27.8. The molecule has 0 bridgehead atoms. The molecule has 1 aliphatic carbocycles. The molecule has 0 spiro atoms. The van der Waals surface area contributed by atoms with Crippen LogP contribution in [0.4, 0.5) is 5.69 Å². The minimum Gasteiger partial charge on any atom is -0.492 e. The van der Waals surface area contributed by atoms with Gasteiger partial charge in [0.05, 0.1) is 17.2 Å². The lowest BCUT2D eigenvalue weighted by atomic mass is 9.95. The van der Waals surface area contributed by atoms with Crippen LogP contribution in [0.25, 0.3) is 0 Å². The first-order valence-electron chi connectivity index (χ1n) is 14.9. The van der Waals surface area contributed by atoms with Crippen molar-refractivity contribution in [2.24, 2.45) is 0 Å². The lowest BCUT2D eigenvalue weighted by Crippen LogP contribution is -2.53. The maximum Gasteiger partial charge on any atom is 0.264 e. The lowest BCUT2D eigenvalue weighted by Gasteiger charge is -2.33. The number of carbonyl (C=O) groups is 2. The van der Waals surface area contributed by atoms with Crippen LogP contribution in [0.5, 0.6) is 5.75 Å². The van der Waals surface area contributed by atoms with Crippen LogP contribution in [-0.2, 0) is 26.2 Å². The number of hydrogen-bond acceptors (Lipinski definition) is 6. The zero-order chi connectivity index (χ0) is 31.7. The van der Waals surface area contributed by atoms with Gasteiger partial charge in [0, 0.05) is 22.5 Å². The third-order valence-corrected chi connectivity index (χ3v) is 10.5. The predicted octanol–water partition coefficient (Wildman–Crippen LogP) is 6.52. The highest BCUT2D eigenvalue weighted by Crippen LogP contribution is 2.33. The van der Waals surface area contributed by atoms with Gasteiger partial charge >= 0.3 is 0 Å². The summed E-state index contributed by atoms with van der Waals surface area (Å²) >= 11 is 7.75. The molecular formula is C33H40ClN3O5S2. The Labute approximate surface area is 270 Å². The first-order valence-corrected chi connectivity index (χ1v) is 17.9. The molecule has 3 aromatic rings. The minimum atomic E-state index is -4.22. The van der Waals surface area contributed by atoms with Crippen molar-refractivity contribution in [3.63, 3.8) is 0 Å². The molecule has 1 fully saturated rings. The summed E-state index contributed by atoms with van der Waals surface area (Å²) in [5.41, 5.74) is 0.957. The van der Waals surface area contributed by atoms with Gasteiger partial charge < -0.3 is 15.0 Å². The van der Waals surface area contributed by atoms with E-state index in [2.05, 4.69) is 5.32 Å². The maximum atomic E-state index is 14.3. The summed E-state index contributed by atoms with van der Waals surface area (Å²) in [6.07, 6.45) is 6.96. The van der Waals surface area contributed by atoms with Crippen LogP contribution in [0.1, 0.15) is 51.5 Å². The van der Waals surface area contributed by atoms with Crippen molar-refractivity contribution in [1.29, 1.82) is 0 Å². The Hall–Kier alpha value is -3.21. The molecule has 236 valence electrons. The van der Waals surface area contributed by atoms with Crippen molar-refractivity contribution < 1.29 is 22.7 Å². The van der Waals surface area contributed by atoms with Gasteiger partial charge in [-0.3, -0.25) is 13.9 Å². The quantitative estimate of drug-likeness (QED) is 0.210. The highest BCUT2D eigenvalue weighted by molar-refractivity contribution is 7.98. The number of nitrogens with zero attached hydrogens (tertiary/aromatic N) is 2. The number of ether oxygens (including phenoxy) is 1. The third-order valence-electron chi connectivity index (χ3n) is 7.72. The standard InChI is InChI=1S/C33H40ClN3O5S2/c1-4-42-31-16-9-8-15-30(31)37(44(40,41)29-19-17-28(43-3)18-20-29)23-32(38)36(22-25-11-10-12-26(34)21-25)24(2)33(39)35-27-13-6-5-7-14-27/h8-12,15-21,24,27H,4-7,13-14,22-23H2,1-3H3,(H,35,39)/t24-/m0/s1. The number of carbonyl (C=O) groups excluding carboxylic acids is 2. The van der Waals surface area contributed by atoms with Crippen LogP contribution >= 0.6 is 23.4 Å². The molecule has 1 aliphatic rings. The van der Waals surface area contributed by atoms with Gasteiger partial charge in [-0.25, -0.2) is 8.42 Å². The smallest absolute Gasteiger partial charge is 0.264 e. The number of anilines is 1. The Morgan fingerprint density at radius 1 is 1.02 bits per heavy atom. The number of sulfonamides is 1. The van der Waals surface area contributed by atoms with E-state index in [0.717, 1.165) is 46.9 Å². The molecule has 1 N–H and O–H groups in total. The van der Waals surface area contributed by atoms with Crippen LogP contribution in [-0.4, -0.2) is 56.6 Å². The fourth-order valence-corrected chi connectivity index (χ4v) is 7.36. The maximum absolute atomic E-state index is 14.3. The predicted molar refractivity (Wildman–Crippen MR) is 177 cm³/mol. The van der Waals surface area contributed by atoms with Gasteiger partial charge in [0.25, 0.3) is 10.0 Å². The molecule has 0 unspecified atom stereocenters. The van der Waals surface area contributed by atoms with Crippen molar-refractivity contribution in [2.45, 2.75) is 74.4 Å². The topological polar surface area (TPSA) is 96.0 Å². The highest BCUT2D eigenvalue weighted by Gasteiger charge is 2.34. The van der Waals surface area contributed by atoms with E-state index in [-0.39, 0.29) is 29.1 Å². The Balaban J connectivity index is 1.72. The van der Waals surface area contributed by atoms with E-state index in [1.807, 2.05) is 12.3 Å². The number of thioether (sulfide) groups is 1. The van der Waals surface area contributed by atoms with Gasteiger partial charge in [-0.05, 0) is 87.0 Å². The van der Waals surface area contributed by atoms with Crippen LogP contribution in [0, 0.1) is 0 Å². The molecule has 0 saturated heterocycles. The van der Waals surface area contributed by atoms with Gasteiger partial charge in [0.2, 0.25) is 11.8 Å². The second kappa shape index (κ2) is 15.7. The molecular weight excluding hydrogens is 618 g/mol. The highest BCUT2D eigenvalue weighted by atomic mass is 35.5. The second-order valence-electron chi connectivity index (χ2n) is 10.8. The number of para-hydroxylation sites is 2. The molecule has 0 aliphatic heterocycles. The molecule has 1 atom stereocenters. The minimum absolute atomic E-state index is 0.0406. The summed E-state index contributed by atoms with van der Waals surface area (Å²) < 4.78 is 35.3. The van der Waals surface area contributed by atoms with E-state index in [9.17, 15) is 18.0 Å². The van der Waals surface area contributed by atoms with Crippen LogP contribution in [0.2, 0.25) is 5.02 Å². The molecule has 0 aromatic heterocycles. The van der Waals surface area contributed by atoms with Crippen molar-refractivity contribution in [3.05, 3.63) is 83.4 Å². The van der Waals surface area contributed by atoms with E-state index in [1.165, 1.54) is 28.8 Å². The number of nitrogens with one attached hydrogen (secondary N) is 1. The first kappa shape index (κ1) is 33.7. The van der Waals surface area contributed by atoms with Gasteiger partial charge in [0.1, 0.15) is 18.3 Å². The number of amides is 2. The van der Waals surface area contributed by atoms with Gasteiger partial charge in [-0.15, -0.1) is 11.8 Å². The Morgan fingerprint density at radius 3 is 2.39 bits per heavy atom. The normalized spacial score (nSPS) is 14.5. The molecule has 4 rings (SSSR count). The molecule has 1 saturated carbocycles. The van der Waals surface area contributed by atoms with E-state index in [1.54, 1.807) is 68.4 Å². The summed E-state index contributed by atoms with van der Waals surface area (Å²) in [5.74, 6) is -0.479. The fourth-order valence-electron chi connectivity index (χ4n) is 5.31. The van der Waals surface area contributed by atoms with Crippen molar-refractivity contribution in [3.8, 4) is 5.75 Å². The van der Waals surface area contributed by atoms with Crippen molar-refractivity contribution in [1.82, 2.24) is 10.2 Å². The first-order chi connectivity index (χ1) is 21.1. The molecule has 2 amide bonds. The van der Waals surface area contributed by atoms with Gasteiger partial charge in [-0.2, -0.15) is 0 Å². The summed E-state index contributed by atoms with van der Waals surface area (Å²) in [6.45, 7) is 3.32. The number of hydrogen-bond donors (Lipinski definition) is 1. The number of halogens is 1. The Morgan fingerprint density at radius 2 is 1.73 bits per heavy atom. The largest absolute Gasteiger partial charge is 0.492 e. The van der Waals surface area contributed by atoms with Crippen LogP contribution in [0.3, 0.4) is 0 Å².